The minimum absolute atomic E-state index is 0.0324. The molecule has 0 fully saturated rings. The predicted octanol–water partition coefficient (Wildman–Crippen LogP) is 6.58. The first-order valence-electron chi connectivity index (χ1n) is 9.51. The number of aryl methyl sites for hydroxylation is 2. The van der Waals surface area contributed by atoms with Crippen molar-refractivity contribution in [1.82, 2.24) is 4.98 Å². The lowest BCUT2D eigenvalue weighted by molar-refractivity contribution is 0.101. The molecule has 33 heavy (non-hydrogen) atoms. The minimum Gasteiger partial charge on any atom is -0.491 e. The fourth-order valence-corrected chi connectivity index (χ4v) is 3.64. The maximum Gasteiger partial charge on any atom is 0.261 e. The summed E-state index contributed by atoms with van der Waals surface area (Å²) in [5.74, 6) is -9.95. The molecule has 0 spiro atoms. The van der Waals surface area contributed by atoms with E-state index in [1.807, 2.05) is 26.0 Å². The Bertz CT molecular complexity index is 1410. The van der Waals surface area contributed by atoms with Gasteiger partial charge in [-0.15, -0.1) is 0 Å². The van der Waals surface area contributed by atoms with Crippen LogP contribution in [0, 0.1) is 37.1 Å². The van der Waals surface area contributed by atoms with Crippen LogP contribution >= 0.6 is 11.6 Å². The molecular weight excluding hydrogens is 464 g/mol. The van der Waals surface area contributed by atoms with Crippen LogP contribution in [0.25, 0.3) is 22.6 Å². The Kier molecular flexibility index (Phi) is 5.75. The van der Waals surface area contributed by atoms with E-state index in [0.29, 0.717) is 11.1 Å². The highest BCUT2D eigenvalue weighted by atomic mass is 35.5. The zero-order chi connectivity index (χ0) is 24.0. The first-order valence-corrected chi connectivity index (χ1v) is 9.89. The number of ether oxygens (including phenoxy) is 1. The molecule has 10 heteroatoms. The first-order chi connectivity index (χ1) is 15.6. The molecule has 4 aromatic rings. The molecule has 0 aliphatic rings. The molecule has 1 aromatic heterocycles. The third kappa shape index (κ3) is 3.89. The Hall–Kier alpha value is -3.59. The van der Waals surface area contributed by atoms with Crippen LogP contribution < -0.4 is 10.1 Å². The second kappa shape index (κ2) is 8.40. The quantitative estimate of drug-likeness (QED) is 0.266. The van der Waals surface area contributed by atoms with Gasteiger partial charge in [-0.25, -0.2) is 13.8 Å². The van der Waals surface area contributed by atoms with E-state index < -0.39 is 40.5 Å². The number of fused-ring (bicyclic) bond motifs is 1. The molecule has 0 radical (unpaired) electrons. The molecule has 0 unspecified atom stereocenters. The van der Waals surface area contributed by atoms with Gasteiger partial charge in [-0.1, -0.05) is 17.7 Å². The number of methoxy groups -OCH3 is 1. The molecule has 0 atom stereocenters. The number of nitrogens with zero attached hydrogens (tertiary/aromatic N) is 1. The van der Waals surface area contributed by atoms with Crippen LogP contribution in [0.5, 0.6) is 5.75 Å². The second-order valence-corrected chi connectivity index (χ2v) is 7.67. The number of rotatable bonds is 4. The molecule has 1 N–H and O–H groups in total. The van der Waals surface area contributed by atoms with Gasteiger partial charge in [0.15, 0.2) is 23.0 Å². The first kappa shape index (κ1) is 22.6. The number of oxazole rings is 1. The summed E-state index contributed by atoms with van der Waals surface area (Å²) in [5, 5.41) is 2.43. The summed E-state index contributed by atoms with van der Waals surface area (Å²) in [6, 6.07) is 7.85. The van der Waals surface area contributed by atoms with E-state index in [1.165, 1.54) is 18.2 Å². The summed E-state index contributed by atoms with van der Waals surface area (Å²) in [4.78, 5) is 16.9. The monoisotopic (exact) mass is 478 g/mol. The molecule has 4 rings (SSSR count). The van der Waals surface area contributed by atoms with Gasteiger partial charge in [-0.05, 0) is 49.2 Å². The van der Waals surface area contributed by atoms with Gasteiger partial charge in [0.05, 0.1) is 17.7 Å². The SMILES string of the molecule is COc1c(F)c(F)c(C(=O)Nc2ccc(Cl)c(-c3nc4cc(C)cc(C)c4o3)c2)c(F)c1F. The number of hydrogen-bond donors (Lipinski definition) is 1. The van der Waals surface area contributed by atoms with Crippen LogP contribution in [-0.4, -0.2) is 18.0 Å². The predicted molar refractivity (Wildman–Crippen MR) is 115 cm³/mol. The Balaban J connectivity index is 1.73. The van der Waals surface area contributed by atoms with Gasteiger partial charge >= 0.3 is 0 Å². The molecule has 1 amide bonds. The summed E-state index contributed by atoms with van der Waals surface area (Å²) < 4.78 is 66.6. The van der Waals surface area contributed by atoms with Crippen LogP contribution in [-0.2, 0) is 0 Å². The highest BCUT2D eigenvalue weighted by Gasteiger charge is 2.30. The molecule has 3 aromatic carbocycles. The number of amides is 1. The summed E-state index contributed by atoms with van der Waals surface area (Å²) in [5.41, 5.74) is 1.88. The lowest BCUT2D eigenvalue weighted by Gasteiger charge is -2.12. The van der Waals surface area contributed by atoms with Crippen LogP contribution in [0.1, 0.15) is 21.5 Å². The van der Waals surface area contributed by atoms with Gasteiger partial charge in [-0.3, -0.25) is 4.79 Å². The van der Waals surface area contributed by atoms with Gasteiger partial charge in [0, 0.05) is 5.69 Å². The molecule has 170 valence electrons. The van der Waals surface area contributed by atoms with Crippen molar-refractivity contribution in [1.29, 1.82) is 0 Å². The number of nitrogens with one attached hydrogen (secondary N) is 1. The van der Waals surface area contributed by atoms with Crippen LogP contribution in [0.2, 0.25) is 5.02 Å². The van der Waals surface area contributed by atoms with Gasteiger partial charge < -0.3 is 14.5 Å². The zero-order valence-electron chi connectivity index (χ0n) is 17.4. The molecular formula is C23H15ClF4N2O3. The fraction of sp³-hybridized carbons (Fsp3) is 0.130. The van der Waals surface area contributed by atoms with Crippen molar-refractivity contribution in [3.63, 3.8) is 0 Å². The average Bonchev–Trinajstić information content (AvgIpc) is 3.18. The van der Waals surface area contributed by atoms with Gasteiger partial charge in [-0.2, -0.15) is 8.78 Å². The highest BCUT2D eigenvalue weighted by Crippen LogP contribution is 2.34. The summed E-state index contributed by atoms with van der Waals surface area (Å²) >= 11 is 6.26. The van der Waals surface area contributed by atoms with Gasteiger partial charge in [0.1, 0.15) is 11.1 Å². The van der Waals surface area contributed by atoms with Crippen molar-refractivity contribution in [3.8, 4) is 17.2 Å². The molecule has 0 bridgehead atoms. The number of carbonyl (C=O) groups is 1. The lowest BCUT2D eigenvalue weighted by atomic mass is 10.1. The van der Waals surface area contributed by atoms with Gasteiger partial charge in [0.25, 0.3) is 5.91 Å². The maximum absolute atomic E-state index is 14.3. The van der Waals surface area contributed by atoms with E-state index >= 15 is 0 Å². The number of anilines is 1. The Morgan fingerprint density at radius 3 is 2.33 bits per heavy atom. The van der Waals surface area contributed by atoms with Crippen molar-refractivity contribution >= 4 is 34.3 Å². The largest absolute Gasteiger partial charge is 0.491 e. The van der Waals surface area contributed by atoms with Crippen molar-refractivity contribution in [2.24, 2.45) is 0 Å². The molecule has 0 saturated heterocycles. The minimum atomic E-state index is -1.89. The van der Waals surface area contributed by atoms with E-state index in [2.05, 4.69) is 15.0 Å². The Morgan fingerprint density at radius 2 is 1.70 bits per heavy atom. The van der Waals surface area contributed by atoms with E-state index in [4.69, 9.17) is 16.0 Å². The molecule has 1 heterocycles. The molecule has 0 aliphatic heterocycles. The summed E-state index contributed by atoms with van der Waals surface area (Å²) in [6.45, 7) is 3.77. The Labute approximate surface area is 189 Å². The standard InChI is InChI=1S/C23H15ClF4N2O3/c1-9-6-10(2)20-14(7-9)30-23(33-20)12-8-11(4-5-13(12)24)29-22(31)15-16(25)18(27)21(32-3)19(28)17(15)26/h4-8H,1-3H3,(H,29,31). The fourth-order valence-electron chi connectivity index (χ4n) is 3.44. The smallest absolute Gasteiger partial charge is 0.261 e. The van der Waals surface area contributed by atoms with Crippen molar-refractivity contribution in [2.45, 2.75) is 13.8 Å². The summed E-state index contributed by atoms with van der Waals surface area (Å²) in [6.07, 6.45) is 0. The number of aromatic nitrogens is 1. The van der Waals surface area contributed by atoms with Crippen molar-refractivity contribution < 1.29 is 31.5 Å². The van der Waals surface area contributed by atoms with Crippen LogP contribution in [0.15, 0.2) is 34.7 Å². The highest BCUT2D eigenvalue weighted by molar-refractivity contribution is 6.33. The second-order valence-electron chi connectivity index (χ2n) is 7.26. The van der Waals surface area contributed by atoms with E-state index in [9.17, 15) is 22.4 Å². The summed E-state index contributed by atoms with van der Waals surface area (Å²) in [7, 11) is 0.838. The topological polar surface area (TPSA) is 64.4 Å². The van der Waals surface area contributed by atoms with Crippen molar-refractivity contribution in [2.75, 3.05) is 12.4 Å². The van der Waals surface area contributed by atoms with E-state index in [0.717, 1.165) is 18.2 Å². The Morgan fingerprint density at radius 1 is 1.03 bits per heavy atom. The lowest BCUT2D eigenvalue weighted by Crippen LogP contribution is -2.19. The number of hydrogen-bond acceptors (Lipinski definition) is 4. The molecule has 0 aliphatic carbocycles. The van der Waals surface area contributed by atoms with Gasteiger partial charge in [0.2, 0.25) is 17.5 Å². The average molecular weight is 479 g/mol. The molecule has 0 saturated carbocycles. The maximum atomic E-state index is 14.3. The third-order valence-electron chi connectivity index (χ3n) is 4.93. The van der Waals surface area contributed by atoms with Crippen molar-refractivity contribution in [3.05, 3.63) is 75.3 Å². The zero-order valence-corrected chi connectivity index (χ0v) is 18.2. The van der Waals surface area contributed by atoms with E-state index in [1.54, 1.807) is 0 Å². The molecule has 5 nitrogen and oxygen atoms in total. The normalized spacial score (nSPS) is 11.2. The number of carbonyl (C=O) groups excluding carboxylic acids is 1. The number of halogens is 5. The van der Waals surface area contributed by atoms with Crippen LogP contribution in [0.3, 0.4) is 0 Å². The number of benzene rings is 3. The van der Waals surface area contributed by atoms with E-state index in [-0.39, 0.29) is 22.2 Å². The van der Waals surface area contributed by atoms with Crippen LogP contribution in [0.4, 0.5) is 23.2 Å². The third-order valence-corrected chi connectivity index (χ3v) is 5.26.